The maximum absolute atomic E-state index is 13.7. The van der Waals surface area contributed by atoms with Crippen LogP contribution in [0.15, 0.2) is 35.1 Å². The van der Waals surface area contributed by atoms with Crippen molar-refractivity contribution in [1.82, 2.24) is 4.90 Å². The summed E-state index contributed by atoms with van der Waals surface area (Å²) in [5, 5.41) is 66.3. The number of phenolic OH excluding ortho intramolecular Hbond substituents is 1. The first-order chi connectivity index (χ1) is 15.2. The minimum atomic E-state index is -3.02. The van der Waals surface area contributed by atoms with Gasteiger partial charge in [-0.2, -0.15) is 0 Å². The standard InChI is InChI=1S/C22H24N2O9.ClH/c1-21(32)7-5-4-6-8(25)9(7)15(26)10-12(21)17(28)13-14(24(2)3)16(27)11(20(23)31)19(30)22(13,33)18(10)29;/h4-6,12-14,17,25-26,28,30,32-33H,1-3H3,(H2,23,31);1H/t12-,13+,14+,17+,21-,22-;/m1./s1. The number of primary amides is 1. The summed E-state index contributed by atoms with van der Waals surface area (Å²) < 4.78 is 0. The van der Waals surface area contributed by atoms with Crippen molar-refractivity contribution in [1.29, 1.82) is 0 Å². The number of carbonyl (C=O) groups excluding carboxylic acids is 3. The molecule has 8 N–H and O–H groups in total. The lowest BCUT2D eigenvalue weighted by molar-refractivity contribution is -0.181. The number of Topliss-reactive ketones (excluding diaryl/α,β-unsaturated/α-hetero) is 2. The highest BCUT2D eigenvalue weighted by Gasteiger charge is 2.70. The van der Waals surface area contributed by atoms with Gasteiger partial charge in [-0.1, -0.05) is 12.1 Å². The molecule has 0 spiro atoms. The second kappa shape index (κ2) is 7.79. The Hall–Kier alpha value is -2.96. The molecule has 6 atom stereocenters. The smallest absolute Gasteiger partial charge is 0.255 e. The topological polar surface area (TPSA) is 202 Å². The van der Waals surface area contributed by atoms with Gasteiger partial charge in [-0.05, 0) is 32.6 Å². The van der Waals surface area contributed by atoms with Crippen molar-refractivity contribution in [2.45, 2.75) is 30.3 Å². The summed E-state index contributed by atoms with van der Waals surface area (Å²) in [4.78, 5) is 39.9. The number of ketones is 2. The summed E-state index contributed by atoms with van der Waals surface area (Å²) in [5.74, 6) is -9.67. The fraction of sp³-hybridized carbons (Fsp3) is 0.409. The molecule has 1 aromatic rings. The lowest BCUT2D eigenvalue weighted by Crippen LogP contribution is -2.71. The van der Waals surface area contributed by atoms with Crippen LogP contribution in [0.5, 0.6) is 5.75 Å². The fourth-order valence-electron chi connectivity index (χ4n) is 5.60. The number of rotatable bonds is 2. The lowest BCUT2D eigenvalue weighted by Gasteiger charge is -2.55. The van der Waals surface area contributed by atoms with Crippen LogP contribution in [0.25, 0.3) is 5.76 Å². The number of phenols is 1. The van der Waals surface area contributed by atoms with Crippen LogP contribution in [-0.2, 0) is 20.0 Å². The van der Waals surface area contributed by atoms with Crippen LogP contribution in [0.1, 0.15) is 18.1 Å². The molecule has 3 aliphatic carbocycles. The zero-order chi connectivity index (χ0) is 24.8. The first-order valence-electron chi connectivity index (χ1n) is 10.1. The Morgan fingerprint density at radius 1 is 1.12 bits per heavy atom. The van der Waals surface area contributed by atoms with Crippen LogP contribution >= 0.6 is 12.4 Å². The van der Waals surface area contributed by atoms with E-state index < -0.39 is 81.1 Å². The van der Waals surface area contributed by atoms with Gasteiger partial charge in [0.2, 0.25) is 5.78 Å². The monoisotopic (exact) mass is 496 g/mol. The average Bonchev–Trinajstić information content (AvgIpc) is 2.70. The van der Waals surface area contributed by atoms with E-state index in [9.17, 15) is 45.0 Å². The Labute approximate surface area is 199 Å². The minimum Gasteiger partial charge on any atom is -0.508 e. The number of nitrogens with zero attached hydrogens (tertiary/aromatic N) is 1. The van der Waals surface area contributed by atoms with E-state index in [0.717, 1.165) is 0 Å². The van der Waals surface area contributed by atoms with Crippen LogP contribution in [-0.4, -0.2) is 84.9 Å². The van der Waals surface area contributed by atoms with Crippen molar-refractivity contribution in [3.8, 4) is 5.75 Å². The first kappa shape index (κ1) is 25.7. The highest BCUT2D eigenvalue weighted by atomic mass is 35.5. The van der Waals surface area contributed by atoms with Crippen LogP contribution < -0.4 is 5.73 Å². The second-order valence-electron chi connectivity index (χ2n) is 9.06. The Morgan fingerprint density at radius 2 is 1.71 bits per heavy atom. The molecule has 12 heteroatoms. The molecular weight excluding hydrogens is 472 g/mol. The predicted molar refractivity (Wildman–Crippen MR) is 119 cm³/mol. The molecule has 1 amide bonds. The van der Waals surface area contributed by atoms with E-state index in [-0.39, 0.29) is 23.5 Å². The largest absolute Gasteiger partial charge is 0.508 e. The number of hydrogen-bond acceptors (Lipinski definition) is 10. The van der Waals surface area contributed by atoms with Gasteiger partial charge in [0.1, 0.15) is 22.8 Å². The lowest BCUT2D eigenvalue weighted by atomic mass is 9.53. The highest BCUT2D eigenvalue weighted by molar-refractivity contribution is 6.24. The van der Waals surface area contributed by atoms with Gasteiger partial charge in [0.15, 0.2) is 11.4 Å². The van der Waals surface area contributed by atoms with Crippen molar-refractivity contribution in [2.75, 3.05) is 14.1 Å². The van der Waals surface area contributed by atoms with E-state index >= 15 is 0 Å². The number of aliphatic hydroxyl groups is 5. The molecule has 0 aromatic heterocycles. The third kappa shape index (κ3) is 2.88. The summed E-state index contributed by atoms with van der Waals surface area (Å²) >= 11 is 0. The third-order valence-electron chi connectivity index (χ3n) is 7.03. The molecule has 0 radical (unpaired) electrons. The molecule has 1 aromatic carbocycles. The summed E-state index contributed by atoms with van der Waals surface area (Å²) in [6.45, 7) is 1.25. The van der Waals surface area contributed by atoms with Gasteiger partial charge in [-0.15, -0.1) is 12.4 Å². The fourth-order valence-corrected chi connectivity index (χ4v) is 5.60. The van der Waals surface area contributed by atoms with E-state index in [1.807, 2.05) is 0 Å². The van der Waals surface area contributed by atoms with E-state index in [2.05, 4.69) is 0 Å². The van der Waals surface area contributed by atoms with Gasteiger partial charge in [0, 0.05) is 0 Å². The average molecular weight is 497 g/mol. The molecule has 1 saturated carbocycles. The number of carbonyl (C=O) groups is 3. The molecule has 34 heavy (non-hydrogen) atoms. The molecule has 4 rings (SSSR count). The zero-order valence-electron chi connectivity index (χ0n) is 18.4. The second-order valence-corrected chi connectivity index (χ2v) is 9.06. The van der Waals surface area contributed by atoms with Crippen LogP contribution in [0.4, 0.5) is 0 Å². The molecule has 0 aliphatic heterocycles. The Bertz CT molecular complexity index is 1190. The van der Waals surface area contributed by atoms with Gasteiger partial charge in [-0.3, -0.25) is 19.3 Å². The van der Waals surface area contributed by atoms with Gasteiger partial charge in [-0.25, -0.2) is 0 Å². The van der Waals surface area contributed by atoms with Crippen LogP contribution in [0.3, 0.4) is 0 Å². The van der Waals surface area contributed by atoms with E-state index in [4.69, 9.17) is 5.73 Å². The van der Waals surface area contributed by atoms with Crippen molar-refractivity contribution in [3.05, 3.63) is 46.2 Å². The van der Waals surface area contributed by atoms with Crippen molar-refractivity contribution in [2.24, 2.45) is 17.6 Å². The van der Waals surface area contributed by atoms with Crippen LogP contribution in [0, 0.1) is 11.8 Å². The maximum Gasteiger partial charge on any atom is 0.255 e. The molecular formula is C22H25ClN2O9. The Morgan fingerprint density at radius 3 is 2.24 bits per heavy atom. The molecule has 11 nitrogen and oxygen atoms in total. The Balaban J connectivity index is 0.00000324. The predicted octanol–water partition coefficient (Wildman–Crippen LogP) is -0.978. The summed E-state index contributed by atoms with van der Waals surface area (Å²) in [5.41, 5.74) is -1.78. The number of hydrogen-bond donors (Lipinski definition) is 7. The number of aromatic hydroxyl groups is 1. The molecule has 0 heterocycles. The number of fused-ring (bicyclic) bond motifs is 3. The van der Waals surface area contributed by atoms with Crippen molar-refractivity contribution >= 4 is 35.6 Å². The van der Waals surface area contributed by atoms with Gasteiger partial charge in [0.05, 0.1) is 40.7 Å². The van der Waals surface area contributed by atoms with E-state index in [1.165, 1.54) is 44.1 Å². The SMILES string of the molecule is CN(C)[C@@H]1C(=O)C(C(N)=O)=C(O)[C@]2(O)C(=O)C3=C(O)c4c(O)cccc4[C@@](C)(O)[C@H]3[C@H](O)[C@H]12.Cl. The molecule has 0 unspecified atom stereocenters. The number of amides is 1. The molecule has 3 aliphatic rings. The van der Waals surface area contributed by atoms with Gasteiger partial charge < -0.3 is 36.4 Å². The highest BCUT2D eigenvalue weighted by Crippen LogP contribution is 2.57. The maximum atomic E-state index is 13.7. The number of likely N-dealkylation sites (N-methyl/N-ethyl adjacent to an activating group) is 1. The van der Waals surface area contributed by atoms with Crippen LogP contribution in [0.2, 0.25) is 0 Å². The minimum absolute atomic E-state index is 0. The van der Waals surface area contributed by atoms with E-state index in [1.54, 1.807) is 0 Å². The van der Waals surface area contributed by atoms with E-state index in [0.29, 0.717) is 0 Å². The summed E-state index contributed by atoms with van der Waals surface area (Å²) in [6, 6.07) is 2.50. The number of nitrogens with two attached hydrogens (primary N) is 1. The number of benzene rings is 1. The normalized spacial score (nSPS) is 34.9. The van der Waals surface area contributed by atoms with Gasteiger partial charge in [0.25, 0.3) is 5.91 Å². The first-order valence-corrected chi connectivity index (χ1v) is 10.1. The number of aliphatic hydroxyl groups excluding tert-OH is 3. The van der Waals surface area contributed by atoms with Crippen molar-refractivity contribution in [3.63, 3.8) is 0 Å². The number of halogens is 1. The van der Waals surface area contributed by atoms with Crippen molar-refractivity contribution < 1.29 is 45.0 Å². The molecule has 184 valence electrons. The summed E-state index contributed by atoms with van der Waals surface area (Å²) in [6.07, 6.45) is -1.87. The molecule has 0 saturated heterocycles. The zero-order valence-corrected chi connectivity index (χ0v) is 19.2. The Kier molecular flexibility index (Phi) is 5.88. The summed E-state index contributed by atoms with van der Waals surface area (Å²) in [7, 11) is 2.80. The molecule has 0 bridgehead atoms. The van der Waals surface area contributed by atoms with Gasteiger partial charge >= 0.3 is 0 Å². The molecule has 1 fully saturated rings. The third-order valence-corrected chi connectivity index (χ3v) is 7.03. The quantitative estimate of drug-likeness (QED) is 0.249.